The predicted molar refractivity (Wildman–Crippen MR) is 78.3 cm³/mol. The van der Waals surface area contributed by atoms with Gasteiger partial charge in [-0.25, -0.2) is 4.79 Å². The van der Waals surface area contributed by atoms with Gasteiger partial charge in [0, 0.05) is 12.6 Å². The van der Waals surface area contributed by atoms with E-state index in [0.29, 0.717) is 11.1 Å². The van der Waals surface area contributed by atoms with Gasteiger partial charge in [-0.2, -0.15) is 10.4 Å². The van der Waals surface area contributed by atoms with Crippen molar-refractivity contribution in [2.45, 2.75) is 6.92 Å². The van der Waals surface area contributed by atoms with E-state index in [1.807, 2.05) is 6.07 Å². The largest absolute Gasteiger partial charge is 0.462 e. The van der Waals surface area contributed by atoms with E-state index >= 15 is 0 Å². The van der Waals surface area contributed by atoms with Crippen molar-refractivity contribution in [2.24, 2.45) is 7.05 Å². The second kappa shape index (κ2) is 6.54. The molecule has 0 bridgehead atoms. The fourth-order valence-electron chi connectivity index (χ4n) is 1.85. The van der Waals surface area contributed by atoms with Crippen molar-refractivity contribution in [3.8, 4) is 6.07 Å². The molecule has 0 radical (unpaired) electrons. The Bertz CT molecular complexity index is 758. The molecule has 0 saturated carbocycles. The van der Waals surface area contributed by atoms with Crippen LogP contribution in [0.3, 0.4) is 0 Å². The zero-order chi connectivity index (χ0) is 16.1. The van der Waals surface area contributed by atoms with Gasteiger partial charge in [-0.3, -0.25) is 9.48 Å². The SMILES string of the molecule is CCOC(=O)c1cnn(C)c1NC(=O)c1cccc(C#N)c1. The average Bonchev–Trinajstić information content (AvgIpc) is 2.88. The zero-order valence-corrected chi connectivity index (χ0v) is 12.2. The van der Waals surface area contributed by atoms with Crippen LogP contribution in [-0.2, 0) is 11.8 Å². The summed E-state index contributed by atoms with van der Waals surface area (Å²) in [7, 11) is 1.60. The number of hydrogen-bond acceptors (Lipinski definition) is 5. The lowest BCUT2D eigenvalue weighted by Gasteiger charge is -2.08. The van der Waals surface area contributed by atoms with E-state index in [9.17, 15) is 9.59 Å². The molecular weight excluding hydrogens is 284 g/mol. The first-order chi connectivity index (χ1) is 10.6. The van der Waals surface area contributed by atoms with E-state index in [-0.39, 0.29) is 18.0 Å². The summed E-state index contributed by atoms with van der Waals surface area (Å²) in [5, 5.41) is 15.4. The Kier molecular flexibility index (Phi) is 4.53. The molecule has 22 heavy (non-hydrogen) atoms. The van der Waals surface area contributed by atoms with Crippen molar-refractivity contribution in [1.82, 2.24) is 9.78 Å². The van der Waals surface area contributed by atoms with E-state index < -0.39 is 11.9 Å². The third kappa shape index (κ3) is 3.12. The van der Waals surface area contributed by atoms with Crippen LogP contribution in [0, 0.1) is 11.3 Å². The molecule has 2 rings (SSSR count). The molecule has 2 aromatic rings. The summed E-state index contributed by atoms with van der Waals surface area (Å²) in [6, 6.07) is 8.23. The monoisotopic (exact) mass is 298 g/mol. The van der Waals surface area contributed by atoms with Crippen molar-refractivity contribution in [3.05, 3.63) is 47.2 Å². The molecule has 0 atom stereocenters. The third-order valence-corrected chi connectivity index (χ3v) is 2.92. The Hall–Kier alpha value is -3.14. The molecular formula is C15H14N4O3. The molecule has 0 aliphatic rings. The van der Waals surface area contributed by atoms with Gasteiger partial charge in [0.25, 0.3) is 5.91 Å². The molecule has 1 heterocycles. The van der Waals surface area contributed by atoms with Gasteiger partial charge in [-0.05, 0) is 25.1 Å². The fourth-order valence-corrected chi connectivity index (χ4v) is 1.85. The van der Waals surface area contributed by atoms with Gasteiger partial charge in [-0.1, -0.05) is 6.07 Å². The molecule has 7 nitrogen and oxygen atoms in total. The highest BCUT2D eigenvalue weighted by Crippen LogP contribution is 2.17. The highest BCUT2D eigenvalue weighted by Gasteiger charge is 2.19. The summed E-state index contributed by atoms with van der Waals surface area (Å²) in [4.78, 5) is 24.1. The minimum Gasteiger partial charge on any atom is -0.462 e. The summed E-state index contributed by atoms with van der Waals surface area (Å²) >= 11 is 0. The van der Waals surface area contributed by atoms with Crippen molar-refractivity contribution in [3.63, 3.8) is 0 Å². The van der Waals surface area contributed by atoms with E-state index in [0.717, 1.165) is 0 Å². The van der Waals surface area contributed by atoms with Crippen LogP contribution in [0.15, 0.2) is 30.5 Å². The van der Waals surface area contributed by atoms with Crippen LogP contribution in [0.4, 0.5) is 5.82 Å². The van der Waals surface area contributed by atoms with E-state index in [4.69, 9.17) is 10.00 Å². The number of rotatable bonds is 4. The molecule has 0 aliphatic heterocycles. The van der Waals surface area contributed by atoms with Crippen LogP contribution < -0.4 is 5.32 Å². The smallest absolute Gasteiger partial charge is 0.343 e. The molecule has 7 heteroatoms. The number of esters is 1. The lowest BCUT2D eigenvalue weighted by atomic mass is 10.1. The minimum atomic E-state index is -0.559. The lowest BCUT2D eigenvalue weighted by molar-refractivity contribution is 0.0527. The molecule has 0 aliphatic carbocycles. The quantitative estimate of drug-likeness (QED) is 0.867. The molecule has 0 unspecified atom stereocenters. The molecule has 0 saturated heterocycles. The van der Waals surface area contributed by atoms with Gasteiger partial charge in [-0.15, -0.1) is 0 Å². The van der Waals surface area contributed by atoms with Crippen LogP contribution in [0.25, 0.3) is 0 Å². The van der Waals surface area contributed by atoms with Crippen molar-refractivity contribution in [2.75, 3.05) is 11.9 Å². The van der Waals surface area contributed by atoms with Gasteiger partial charge in [0.15, 0.2) is 0 Å². The number of amides is 1. The van der Waals surface area contributed by atoms with Gasteiger partial charge >= 0.3 is 5.97 Å². The molecule has 112 valence electrons. The first-order valence-electron chi connectivity index (χ1n) is 6.57. The number of nitrogens with one attached hydrogen (secondary N) is 1. The van der Waals surface area contributed by atoms with Crippen LogP contribution in [0.1, 0.15) is 33.2 Å². The number of carbonyl (C=O) groups is 2. The Morgan fingerprint density at radius 3 is 2.91 bits per heavy atom. The van der Waals surface area contributed by atoms with Crippen molar-refractivity contribution < 1.29 is 14.3 Å². The van der Waals surface area contributed by atoms with E-state index in [1.165, 1.54) is 16.9 Å². The zero-order valence-electron chi connectivity index (χ0n) is 12.2. The number of nitriles is 1. The Morgan fingerprint density at radius 2 is 2.23 bits per heavy atom. The molecule has 1 N–H and O–H groups in total. The number of carbonyl (C=O) groups excluding carboxylic acids is 2. The number of benzene rings is 1. The normalized spacial score (nSPS) is 9.86. The summed E-state index contributed by atoms with van der Waals surface area (Å²) in [5.74, 6) is -0.756. The highest BCUT2D eigenvalue weighted by molar-refractivity contribution is 6.07. The first-order valence-corrected chi connectivity index (χ1v) is 6.57. The predicted octanol–water partition coefficient (Wildman–Crippen LogP) is 1.72. The number of nitrogens with zero attached hydrogens (tertiary/aromatic N) is 3. The Morgan fingerprint density at radius 1 is 1.45 bits per heavy atom. The van der Waals surface area contributed by atoms with Crippen molar-refractivity contribution in [1.29, 1.82) is 5.26 Å². The second-order valence-corrected chi connectivity index (χ2v) is 4.40. The Balaban J connectivity index is 2.27. The van der Waals surface area contributed by atoms with Crippen molar-refractivity contribution >= 4 is 17.7 Å². The average molecular weight is 298 g/mol. The van der Waals surface area contributed by atoms with Gasteiger partial charge in [0.2, 0.25) is 0 Å². The Labute approximate surface area is 127 Å². The lowest BCUT2D eigenvalue weighted by Crippen LogP contribution is -2.17. The number of aryl methyl sites for hydroxylation is 1. The number of aromatic nitrogens is 2. The topological polar surface area (TPSA) is 97.0 Å². The summed E-state index contributed by atoms with van der Waals surface area (Å²) in [6.07, 6.45) is 1.33. The molecule has 1 amide bonds. The highest BCUT2D eigenvalue weighted by atomic mass is 16.5. The van der Waals surface area contributed by atoms with Crippen LogP contribution in [0.5, 0.6) is 0 Å². The van der Waals surface area contributed by atoms with Crippen LogP contribution >= 0.6 is 0 Å². The molecule has 0 fully saturated rings. The summed E-state index contributed by atoms with van der Waals surface area (Å²) in [6.45, 7) is 1.92. The first kappa shape index (κ1) is 15.3. The maximum atomic E-state index is 12.3. The second-order valence-electron chi connectivity index (χ2n) is 4.40. The standard InChI is InChI=1S/C15H14N4O3/c1-3-22-15(21)12-9-17-19(2)13(12)18-14(20)11-6-4-5-10(7-11)8-16/h4-7,9H,3H2,1-2H3,(H,18,20). The van der Waals surface area contributed by atoms with Gasteiger partial charge < -0.3 is 10.1 Å². The summed E-state index contributed by atoms with van der Waals surface area (Å²) < 4.78 is 6.29. The number of hydrogen-bond donors (Lipinski definition) is 1. The van der Waals surface area contributed by atoms with Gasteiger partial charge in [0.1, 0.15) is 11.4 Å². The fraction of sp³-hybridized carbons (Fsp3) is 0.200. The maximum absolute atomic E-state index is 12.3. The van der Waals surface area contributed by atoms with Gasteiger partial charge in [0.05, 0.1) is 24.4 Å². The third-order valence-electron chi connectivity index (χ3n) is 2.92. The molecule has 1 aromatic carbocycles. The molecule has 1 aromatic heterocycles. The maximum Gasteiger partial charge on any atom is 0.343 e. The molecule has 0 spiro atoms. The van der Waals surface area contributed by atoms with Crippen LogP contribution in [-0.4, -0.2) is 28.3 Å². The minimum absolute atomic E-state index is 0.175. The van der Waals surface area contributed by atoms with E-state index in [1.54, 1.807) is 32.2 Å². The number of ether oxygens (including phenoxy) is 1. The van der Waals surface area contributed by atoms with E-state index in [2.05, 4.69) is 10.4 Å². The van der Waals surface area contributed by atoms with Crippen LogP contribution in [0.2, 0.25) is 0 Å². The summed E-state index contributed by atoms with van der Waals surface area (Å²) in [5.41, 5.74) is 0.868. The number of anilines is 1.